The van der Waals surface area contributed by atoms with Crippen molar-refractivity contribution < 1.29 is 17.6 Å². The fourth-order valence-electron chi connectivity index (χ4n) is 2.53. The van der Waals surface area contributed by atoms with Crippen LogP contribution in [0.2, 0.25) is 0 Å². The zero-order valence-corrected chi connectivity index (χ0v) is 16.1. The van der Waals surface area contributed by atoms with E-state index < -0.39 is 10.0 Å². The van der Waals surface area contributed by atoms with Crippen molar-refractivity contribution in [2.75, 3.05) is 4.72 Å². The first-order valence-electron chi connectivity index (χ1n) is 8.60. The summed E-state index contributed by atoms with van der Waals surface area (Å²) in [5.41, 5.74) is 1.62. The molecule has 2 aromatic carbocycles. The number of aromatic nitrogens is 3. The summed E-state index contributed by atoms with van der Waals surface area (Å²) >= 11 is 0. The number of para-hydroxylation sites is 1. The number of hydrogen-bond acceptors (Lipinski definition) is 7. The topological polar surface area (TPSA) is 107 Å². The summed E-state index contributed by atoms with van der Waals surface area (Å²) in [5.74, 6) is 1.13. The van der Waals surface area contributed by atoms with Gasteiger partial charge in [0.05, 0.1) is 23.0 Å². The Kier molecular flexibility index (Phi) is 4.96. The lowest BCUT2D eigenvalue weighted by Gasteiger charge is -2.09. The van der Waals surface area contributed by atoms with Crippen LogP contribution in [0.5, 0.6) is 11.8 Å². The molecule has 1 N–H and O–H groups in total. The second kappa shape index (κ2) is 7.72. The Balaban J connectivity index is 1.46. The van der Waals surface area contributed by atoms with Crippen molar-refractivity contribution in [3.05, 3.63) is 79.1 Å². The molecule has 0 aliphatic rings. The van der Waals surface area contributed by atoms with Gasteiger partial charge in [-0.05, 0) is 24.3 Å². The highest BCUT2D eigenvalue weighted by atomic mass is 32.2. The molecule has 0 amide bonds. The Morgan fingerprint density at radius 1 is 0.966 bits per heavy atom. The van der Waals surface area contributed by atoms with Gasteiger partial charge in [-0.1, -0.05) is 30.3 Å². The van der Waals surface area contributed by atoms with E-state index in [-0.39, 0.29) is 16.6 Å². The van der Waals surface area contributed by atoms with Crippen molar-refractivity contribution in [1.82, 2.24) is 15.0 Å². The molecule has 0 unspecified atom stereocenters. The average molecular weight is 408 g/mol. The summed E-state index contributed by atoms with van der Waals surface area (Å²) in [6.07, 6.45) is 4.21. The van der Waals surface area contributed by atoms with Gasteiger partial charge in [-0.3, -0.25) is 4.72 Å². The second-order valence-corrected chi connectivity index (χ2v) is 7.73. The normalized spacial score (nSPS) is 11.2. The van der Waals surface area contributed by atoms with Gasteiger partial charge in [0.15, 0.2) is 5.89 Å². The van der Waals surface area contributed by atoms with Crippen molar-refractivity contribution in [3.8, 4) is 23.0 Å². The Labute approximate surface area is 167 Å². The molecule has 29 heavy (non-hydrogen) atoms. The van der Waals surface area contributed by atoms with E-state index in [4.69, 9.17) is 9.15 Å². The summed E-state index contributed by atoms with van der Waals surface area (Å²) in [7, 11) is -3.79. The largest absolute Gasteiger partial charge is 0.449 e. The maximum Gasteiger partial charge on any atom is 0.322 e. The Morgan fingerprint density at radius 2 is 1.66 bits per heavy atom. The number of rotatable bonds is 6. The van der Waals surface area contributed by atoms with E-state index in [0.717, 1.165) is 5.56 Å². The fourth-order valence-corrected chi connectivity index (χ4v) is 3.56. The lowest BCUT2D eigenvalue weighted by molar-refractivity contribution is 0.442. The van der Waals surface area contributed by atoms with Crippen LogP contribution in [-0.2, 0) is 10.0 Å². The molecule has 2 aromatic heterocycles. The summed E-state index contributed by atoms with van der Waals surface area (Å²) in [6.45, 7) is 1.74. The number of sulfonamides is 1. The molecule has 2 heterocycles. The molecule has 0 aliphatic carbocycles. The summed E-state index contributed by atoms with van der Waals surface area (Å²) in [5, 5.41) is 0. The standard InChI is InChI=1S/C20H16N4O4S/c1-14-23-19(13-27-14)15-7-9-18(10-8-15)29(25,26)24-16-11-21-20(22-12-16)28-17-5-3-2-4-6-17/h2-13,24H,1H3. The lowest BCUT2D eigenvalue weighted by Crippen LogP contribution is -2.13. The molecule has 4 aromatic rings. The van der Waals surface area contributed by atoms with Gasteiger partial charge in [0.25, 0.3) is 10.0 Å². The van der Waals surface area contributed by atoms with Crippen LogP contribution in [0.4, 0.5) is 5.69 Å². The van der Waals surface area contributed by atoms with Crippen molar-refractivity contribution in [2.24, 2.45) is 0 Å². The molecule has 0 saturated heterocycles. The molecule has 0 spiro atoms. The summed E-state index contributed by atoms with van der Waals surface area (Å²) < 4.78 is 38.3. The predicted octanol–water partition coefficient (Wildman–Crippen LogP) is 4.03. The third-order valence-corrected chi connectivity index (χ3v) is 5.31. The molecule has 0 atom stereocenters. The number of anilines is 1. The van der Waals surface area contributed by atoms with Gasteiger partial charge in [0.2, 0.25) is 0 Å². The number of aryl methyl sites for hydroxylation is 1. The van der Waals surface area contributed by atoms with E-state index in [1.807, 2.05) is 18.2 Å². The van der Waals surface area contributed by atoms with Crippen molar-refractivity contribution in [2.45, 2.75) is 11.8 Å². The quantitative estimate of drug-likeness (QED) is 0.513. The highest BCUT2D eigenvalue weighted by Gasteiger charge is 2.15. The molecule has 146 valence electrons. The molecule has 8 nitrogen and oxygen atoms in total. The smallest absolute Gasteiger partial charge is 0.322 e. The van der Waals surface area contributed by atoms with Gasteiger partial charge in [-0.25, -0.2) is 23.4 Å². The van der Waals surface area contributed by atoms with E-state index in [2.05, 4.69) is 19.7 Å². The van der Waals surface area contributed by atoms with Crippen LogP contribution in [-0.4, -0.2) is 23.4 Å². The first-order chi connectivity index (χ1) is 14.0. The minimum Gasteiger partial charge on any atom is -0.449 e. The summed E-state index contributed by atoms with van der Waals surface area (Å²) in [6, 6.07) is 15.5. The van der Waals surface area contributed by atoms with Crippen LogP contribution in [0.1, 0.15) is 5.89 Å². The average Bonchev–Trinajstić information content (AvgIpc) is 3.17. The third kappa shape index (κ3) is 4.41. The molecule has 4 rings (SSSR count). The van der Waals surface area contributed by atoms with Crippen LogP contribution in [0.3, 0.4) is 0 Å². The van der Waals surface area contributed by atoms with Crippen LogP contribution in [0.25, 0.3) is 11.3 Å². The number of nitrogens with one attached hydrogen (secondary N) is 1. The molecule has 0 fully saturated rings. The minimum atomic E-state index is -3.79. The van der Waals surface area contributed by atoms with Crippen molar-refractivity contribution in [1.29, 1.82) is 0 Å². The molecule has 0 aliphatic heterocycles. The molecule has 9 heteroatoms. The van der Waals surface area contributed by atoms with Gasteiger partial charge < -0.3 is 9.15 Å². The van der Waals surface area contributed by atoms with E-state index >= 15 is 0 Å². The van der Waals surface area contributed by atoms with Crippen molar-refractivity contribution in [3.63, 3.8) is 0 Å². The van der Waals surface area contributed by atoms with E-state index in [1.165, 1.54) is 30.8 Å². The van der Waals surface area contributed by atoms with Crippen molar-refractivity contribution >= 4 is 15.7 Å². The number of oxazole rings is 1. The first kappa shape index (κ1) is 18.6. The van der Waals surface area contributed by atoms with Gasteiger partial charge in [0, 0.05) is 12.5 Å². The number of ether oxygens (including phenoxy) is 1. The monoisotopic (exact) mass is 408 g/mol. The molecule has 0 radical (unpaired) electrons. The highest BCUT2D eigenvalue weighted by Crippen LogP contribution is 2.23. The fraction of sp³-hybridized carbons (Fsp3) is 0.0500. The molecular formula is C20H16N4O4S. The highest BCUT2D eigenvalue weighted by molar-refractivity contribution is 7.92. The van der Waals surface area contributed by atoms with E-state index in [0.29, 0.717) is 17.3 Å². The van der Waals surface area contributed by atoms with Crippen LogP contribution >= 0.6 is 0 Å². The van der Waals surface area contributed by atoms with E-state index in [1.54, 1.807) is 31.2 Å². The van der Waals surface area contributed by atoms with Crippen LogP contribution < -0.4 is 9.46 Å². The lowest BCUT2D eigenvalue weighted by atomic mass is 10.2. The van der Waals surface area contributed by atoms with Gasteiger partial charge in [0.1, 0.15) is 17.7 Å². The van der Waals surface area contributed by atoms with Gasteiger partial charge >= 0.3 is 6.01 Å². The van der Waals surface area contributed by atoms with Gasteiger partial charge in [-0.2, -0.15) is 0 Å². The maximum atomic E-state index is 12.6. The first-order valence-corrected chi connectivity index (χ1v) is 10.1. The number of nitrogens with zero attached hydrogens (tertiary/aromatic N) is 3. The molecule has 0 bridgehead atoms. The SMILES string of the molecule is Cc1nc(-c2ccc(S(=O)(=O)Nc3cnc(Oc4ccccc4)nc3)cc2)co1. The Morgan fingerprint density at radius 3 is 2.28 bits per heavy atom. The maximum absolute atomic E-state index is 12.6. The van der Waals surface area contributed by atoms with Gasteiger partial charge in [-0.15, -0.1) is 0 Å². The predicted molar refractivity (Wildman–Crippen MR) is 106 cm³/mol. The number of hydrogen-bond donors (Lipinski definition) is 1. The Hall–Kier alpha value is -3.72. The number of benzene rings is 2. The molecular weight excluding hydrogens is 392 g/mol. The van der Waals surface area contributed by atoms with Crippen LogP contribution in [0.15, 0.2) is 82.6 Å². The van der Waals surface area contributed by atoms with Crippen LogP contribution in [0, 0.1) is 6.92 Å². The Bertz CT molecular complexity index is 1210. The second-order valence-electron chi connectivity index (χ2n) is 6.05. The van der Waals surface area contributed by atoms with E-state index in [9.17, 15) is 8.42 Å². The zero-order chi connectivity index (χ0) is 20.3. The minimum absolute atomic E-state index is 0.103. The summed E-state index contributed by atoms with van der Waals surface area (Å²) in [4.78, 5) is 12.4. The molecule has 0 saturated carbocycles. The zero-order valence-electron chi connectivity index (χ0n) is 15.3. The third-order valence-electron chi connectivity index (χ3n) is 3.91.